The fourth-order valence-electron chi connectivity index (χ4n) is 2.55. The lowest BCUT2D eigenvalue weighted by Crippen LogP contribution is -2.41. The van der Waals surface area contributed by atoms with E-state index in [1.54, 1.807) is 24.3 Å². The van der Waals surface area contributed by atoms with Gasteiger partial charge in [0.2, 0.25) is 5.91 Å². The molecule has 2 aromatic carbocycles. The number of benzene rings is 2. The van der Waals surface area contributed by atoms with E-state index in [4.69, 9.17) is 14.2 Å². The number of carbonyl (C=O) groups is 2. The Morgan fingerprint density at radius 1 is 0.968 bits per heavy atom. The van der Waals surface area contributed by atoms with Crippen LogP contribution in [0.2, 0.25) is 0 Å². The van der Waals surface area contributed by atoms with Crippen LogP contribution in [-0.4, -0.2) is 46.8 Å². The van der Waals surface area contributed by atoms with Crippen molar-refractivity contribution in [1.82, 2.24) is 10.9 Å². The lowest BCUT2D eigenvalue weighted by molar-refractivity contribution is -0.122. The van der Waals surface area contributed by atoms with Gasteiger partial charge in [-0.05, 0) is 55.8 Å². The Bertz CT molecular complexity index is 1000. The topological polar surface area (TPSA) is 120 Å². The molecule has 9 nitrogen and oxygen atoms in total. The van der Waals surface area contributed by atoms with Crippen LogP contribution < -0.4 is 25.1 Å². The zero-order valence-corrected chi connectivity index (χ0v) is 18.5. The maximum Gasteiger partial charge on any atom is 0.269 e. The molecule has 2 rings (SSSR count). The first-order valence-electron chi connectivity index (χ1n) is 9.57. The minimum atomic E-state index is -3.25. The van der Waals surface area contributed by atoms with Gasteiger partial charge in [-0.3, -0.25) is 20.4 Å². The molecule has 0 atom stereocenters. The van der Waals surface area contributed by atoms with Crippen LogP contribution in [0, 0.1) is 0 Å². The zero-order valence-electron chi connectivity index (χ0n) is 17.6. The third-order valence-electron chi connectivity index (χ3n) is 4.11. The largest absolute Gasteiger partial charge is 0.494 e. The number of hydrogen-bond acceptors (Lipinski definition) is 7. The summed E-state index contributed by atoms with van der Waals surface area (Å²) >= 11 is 0. The van der Waals surface area contributed by atoms with Gasteiger partial charge in [-0.15, -0.1) is 0 Å². The molecule has 0 spiro atoms. The number of methoxy groups -OCH3 is 1. The van der Waals surface area contributed by atoms with E-state index in [2.05, 4.69) is 10.9 Å². The summed E-state index contributed by atoms with van der Waals surface area (Å²) in [6.07, 6.45) is 1.67. The molecule has 0 heterocycles. The Labute approximate surface area is 181 Å². The van der Waals surface area contributed by atoms with Crippen molar-refractivity contribution in [3.05, 3.63) is 48.0 Å². The maximum absolute atomic E-state index is 12.2. The minimum Gasteiger partial charge on any atom is -0.494 e. The number of nitrogens with one attached hydrogen (secondary N) is 2. The summed E-state index contributed by atoms with van der Waals surface area (Å²) in [5, 5.41) is 0. The van der Waals surface area contributed by atoms with Crippen LogP contribution in [0.3, 0.4) is 0 Å². The van der Waals surface area contributed by atoms with Crippen molar-refractivity contribution in [3.8, 4) is 17.2 Å². The standard InChI is InChI=1S/C21H26N2O7S/c1-4-29-18-12-7-15(14-19(18)28-2)21(25)23-22-20(24)6-5-13-30-16-8-10-17(11-9-16)31(3,26)27/h7-12,14H,4-6,13H2,1-3H3,(H,22,24)(H,23,25). The van der Waals surface area contributed by atoms with Crippen LogP contribution in [-0.2, 0) is 14.6 Å². The summed E-state index contributed by atoms with van der Waals surface area (Å²) in [6, 6.07) is 10.8. The molecule has 0 aliphatic rings. The lowest BCUT2D eigenvalue weighted by Gasteiger charge is -2.12. The molecule has 2 N–H and O–H groups in total. The quantitative estimate of drug-likeness (QED) is 0.420. The van der Waals surface area contributed by atoms with E-state index in [1.165, 1.54) is 25.3 Å². The van der Waals surface area contributed by atoms with E-state index in [0.717, 1.165) is 6.26 Å². The van der Waals surface area contributed by atoms with Crippen molar-refractivity contribution in [1.29, 1.82) is 0 Å². The van der Waals surface area contributed by atoms with Gasteiger partial charge in [0, 0.05) is 18.2 Å². The van der Waals surface area contributed by atoms with Gasteiger partial charge in [0.25, 0.3) is 5.91 Å². The van der Waals surface area contributed by atoms with E-state index >= 15 is 0 Å². The second-order valence-electron chi connectivity index (χ2n) is 6.50. The molecule has 2 aromatic rings. The maximum atomic E-state index is 12.2. The monoisotopic (exact) mass is 450 g/mol. The fraction of sp³-hybridized carbons (Fsp3) is 0.333. The predicted octanol–water partition coefficient (Wildman–Crippen LogP) is 2.12. The predicted molar refractivity (Wildman–Crippen MR) is 114 cm³/mol. The average Bonchev–Trinajstić information content (AvgIpc) is 2.75. The van der Waals surface area contributed by atoms with Gasteiger partial charge in [-0.1, -0.05) is 0 Å². The Kier molecular flexibility index (Phi) is 8.68. The van der Waals surface area contributed by atoms with E-state index in [0.29, 0.717) is 35.8 Å². The summed E-state index contributed by atoms with van der Waals surface area (Å²) in [7, 11) is -1.78. The zero-order chi connectivity index (χ0) is 22.9. The minimum absolute atomic E-state index is 0.133. The first-order valence-corrected chi connectivity index (χ1v) is 11.5. The Morgan fingerprint density at radius 2 is 1.68 bits per heavy atom. The second kappa shape index (κ2) is 11.2. The van der Waals surface area contributed by atoms with Gasteiger partial charge in [-0.25, -0.2) is 8.42 Å². The number of ether oxygens (including phenoxy) is 3. The highest BCUT2D eigenvalue weighted by molar-refractivity contribution is 7.90. The van der Waals surface area contributed by atoms with Crippen molar-refractivity contribution >= 4 is 21.7 Å². The highest BCUT2D eigenvalue weighted by atomic mass is 32.2. The molecule has 0 saturated heterocycles. The number of hydrogen-bond donors (Lipinski definition) is 2. The van der Waals surface area contributed by atoms with E-state index in [1.807, 2.05) is 6.92 Å². The molecule has 0 fully saturated rings. The Morgan fingerprint density at radius 3 is 2.29 bits per heavy atom. The van der Waals surface area contributed by atoms with E-state index in [-0.39, 0.29) is 23.8 Å². The highest BCUT2D eigenvalue weighted by Gasteiger charge is 2.12. The molecule has 0 aliphatic heterocycles. The summed E-state index contributed by atoms with van der Waals surface area (Å²) in [5.74, 6) is 0.587. The summed E-state index contributed by atoms with van der Waals surface area (Å²) in [6.45, 7) is 2.57. The van der Waals surface area contributed by atoms with Crippen LogP contribution in [0.4, 0.5) is 0 Å². The summed E-state index contributed by atoms with van der Waals surface area (Å²) in [5.41, 5.74) is 5.00. The second-order valence-corrected chi connectivity index (χ2v) is 8.51. The van der Waals surface area contributed by atoms with E-state index in [9.17, 15) is 18.0 Å². The molecule has 2 amide bonds. The molecular formula is C21H26N2O7S. The molecular weight excluding hydrogens is 424 g/mol. The molecule has 31 heavy (non-hydrogen) atoms. The van der Waals surface area contributed by atoms with Crippen molar-refractivity contribution in [2.24, 2.45) is 0 Å². The van der Waals surface area contributed by atoms with Crippen molar-refractivity contribution < 1.29 is 32.2 Å². The van der Waals surface area contributed by atoms with Crippen LogP contribution in [0.1, 0.15) is 30.1 Å². The van der Waals surface area contributed by atoms with Crippen molar-refractivity contribution in [2.75, 3.05) is 26.6 Å². The molecule has 0 unspecified atom stereocenters. The normalized spacial score (nSPS) is 10.8. The van der Waals surface area contributed by atoms with Gasteiger partial charge in [0.05, 0.1) is 25.2 Å². The van der Waals surface area contributed by atoms with Gasteiger partial charge >= 0.3 is 0 Å². The smallest absolute Gasteiger partial charge is 0.269 e. The molecule has 168 valence electrons. The van der Waals surface area contributed by atoms with Crippen molar-refractivity contribution in [2.45, 2.75) is 24.7 Å². The van der Waals surface area contributed by atoms with Gasteiger partial charge in [0.1, 0.15) is 5.75 Å². The third-order valence-corrected chi connectivity index (χ3v) is 5.24. The molecule has 0 bridgehead atoms. The molecule has 0 saturated carbocycles. The van der Waals surface area contributed by atoms with E-state index < -0.39 is 15.7 Å². The number of amides is 2. The third kappa shape index (κ3) is 7.49. The van der Waals surface area contributed by atoms with Crippen LogP contribution in [0.15, 0.2) is 47.4 Å². The van der Waals surface area contributed by atoms with Gasteiger partial charge < -0.3 is 14.2 Å². The number of sulfone groups is 1. The van der Waals surface area contributed by atoms with Gasteiger partial charge in [0.15, 0.2) is 21.3 Å². The average molecular weight is 451 g/mol. The molecule has 0 aliphatic carbocycles. The first-order chi connectivity index (χ1) is 14.7. The number of rotatable bonds is 10. The fourth-order valence-corrected chi connectivity index (χ4v) is 3.18. The summed E-state index contributed by atoms with van der Waals surface area (Å²) in [4.78, 5) is 24.3. The number of carbonyl (C=O) groups excluding carboxylic acids is 2. The highest BCUT2D eigenvalue weighted by Crippen LogP contribution is 2.27. The van der Waals surface area contributed by atoms with Crippen molar-refractivity contribution in [3.63, 3.8) is 0 Å². The Hall–Kier alpha value is -3.27. The lowest BCUT2D eigenvalue weighted by atomic mass is 10.2. The number of hydrazine groups is 1. The Balaban J connectivity index is 1.74. The SMILES string of the molecule is CCOc1ccc(C(=O)NNC(=O)CCCOc2ccc(S(C)(=O)=O)cc2)cc1OC. The van der Waals surface area contributed by atoms with Gasteiger partial charge in [-0.2, -0.15) is 0 Å². The first kappa shape index (κ1) is 24.0. The molecule has 10 heteroatoms. The summed E-state index contributed by atoms with van der Waals surface area (Å²) < 4.78 is 38.9. The van der Waals surface area contributed by atoms with Crippen LogP contribution >= 0.6 is 0 Å². The molecule has 0 aromatic heterocycles. The van der Waals surface area contributed by atoms with Crippen LogP contribution in [0.25, 0.3) is 0 Å². The van der Waals surface area contributed by atoms with Crippen LogP contribution in [0.5, 0.6) is 17.2 Å². The molecule has 0 radical (unpaired) electrons.